The molecule has 27 heteroatoms. The largest absolute Gasteiger partial charge is 0.460 e. The van der Waals surface area contributed by atoms with Gasteiger partial charge in [-0.2, -0.15) is 96.6 Å². The zero-order valence-corrected chi connectivity index (χ0v) is 18.3. The zero-order valence-electron chi connectivity index (χ0n) is 15.8. The Balaban J connectivity index is 7.29. The lowest BCUT2D eigenvalue weighted by Crippen LogP contribution is -2.79. The average molecular weight is 687 g/mol. The Morgan fingerprint density at radius 2 is 0.474 bits per heavy atom. The van der Waals surface area contributed by atoms with Gasteiger partial charge in [0.1, 0.15) is 0 Å². The van der Waals surface area contributed by atoms with Crippen LogP contribution >= 0.6 is 22.2 Å². The summed E-state index contributed by atoms with van der Waals surface area (Å²) in [5.74, 6) is -64.0. The standard InChI is InChI=1S/C11Cl2F24Si/c12-38(13,11(36,37)9(31,32)33)10(34,35)7(26,27)5(22,23)3(18,19)1(14,15)2(16,17)4(20,21)6(24,25)8(28,29)30. The third-order valence-electron chi connectivity index (χ3n) is 4.26. The highest BCUT2D eigenvalue weighted by Crippen LogP contribution is 2.67. The molecular formula is C11Cl2F24Si. The highest BCUT2D eigenvalue weighted by molar-refractivity contribution is 7.47. The number of hydrogen-bond acceptors (Lipinski definition) is 0. The maximum Gasteiger partial charge on any atom is 0.460 e. The lowest BCUT2D eigenvalue weighted by atomic mass is 9.89. The molecule has 230 valence electrons. The summed E-state index contributed by atoms with van der Waals surface area (Å²) in [4.78, 5) is 0. The molecule has 0 saturated carbocycles. The summed E-state index contributed by atoms with van der Waals surface area (Å²) in [7, 11) is 0. The van der Waals surface area contributed by atoms with Crippen LogP contribution in [-0.4, -0.2) is 71.6 Å². The molecular weight excluding hydrogens is 687 g/mol. The van der Waals surface area contributed by atoms with Crippen LogP contribution in [0.3, 0.4) is 0 Å². The summed E-state index contributed by atoms with van der Waals surface area (Å²) in [6.07, 6.45) is -15.8. The Morgan fingerprint density at radius 3 is 0.684 bits per heavy atom. The second kappa shape index (κ2) is 8.81. The molecule has 0 unspecified atom stereocenters. The van der Waals surface area contributed by atoms with E-state index in [0.717, 1.165) is 0 Å². The van der Waals surface area contributed by atoms with E-state index in [0.29, 0.717) is 0 Å². The van der Waals surface area contributed by atoms with Gasteiger partial charge in [-0.15, -0.1) is 22.2 Å². The van der Waals surface area contributed by atoms with Crippen LogP contribution in [0.1, 0.15) is 0 Å². The minimum absolute atomic E-state index is 3.78. The summed E-state index contributed by atoms with van der Waals surface area (Å²) >= 11 is 7.56. The molecule has 0 rings (SSSR count). The van der Waals surface area contributed by atoms with Crippen molar-refractivity contribution in [2.45, 2.75) is 64.9 Å². The topological polar surface area (TPSA) is 0 Å². The van der Waals surface area contributed by atoms with Gasteiger partial charge >= 0.3 is 71.6 Å². The van der Waals surface area contributed by atoms with Gasteiger partial charge in [-0.1, -0.05) is 0 Å². The molecule has 0 amide bonds. The Hall–Kier alpha value is -0.883. The summed E-state index contributed by atoms with van der Waals surface area (Å²) < 4.78 is 312. The van der Waals surface area contributed by atoms with Crippen LogP contribution < -0.4 is 0 Å². The Morgan fingerprint density at radius 1 is 0.263 bits per heavy atom. The zero-order chi connectivity index (χ0) is 32.0. The lowest BCUT2D eigenvalue weighted by Gasteiger charge is -2.45. The second-order valence-corrected chi connectivity index (χ2v) is 13.1. The third-order valence-corrected chi connectivity index (χ3v) is 9.28. The molecule has 0 atom stereocenters. The Kier molecular flexibility index (Phi) is 8.60. The van der Waals surface area contributed by atoms with Crippen LogP contribution in [0.15, 0.2) is 0 Å². The fourth-order valence-electron chi connectivity index (χ4n) is 1.93. The SMILES string of the molecule is FC(F)(F)C(F)(F)C(F)(F)C(F)(F)C(F)(F)C(F)(F)C(F)(F)C(F)(F)C(F)(F)[Si](Cl)(Cl)C(F)(F)C(F)(F)F. The molecule has 0 radical (unpaired) electrons. The molecule has 0 aliphatic heterocycles. The maximum absolute atomic E-state index is 13.7. The van der Waals surface area contributed by atoms with Gasteiger partial charge in [0.05, 0.1) is 0 Å². The first-order valence-corrected chi connectivity index (χ1v) is 11.7. The summed E-state index contributed by atoms with van der Waals surface area (Å²) in [6, 6.07) is 0. The molecule has 0 aliphatic rings. The van der Waals surface area contributed by atoms with Gasteiger partial charge < -0.3 is 0 Å². The predicted octanol–water partition coefficient (Wildman–Crippen LogP) is 8.83. The molecule has 0 aromatic rings. The minimum Gasteiger partial charge on any atom is -0.201 e. The highest BCUT2D eigenvalue weighted by Gasteiger charge is 2.99. The highest BCUT2D eigenvalue weighted by atomic mass is 35.7. The quantitative estimate of drug-likeness (QED) is 0.129. The number of alkyl halides is 24. The first-order chi connectivity index (χ1) is 15.8. The fraction of sp³-hybridized carbons (Fsp3) is 1.00. The molecule has 0 fully saturated rings. The number of hydrogen-bond donors (Lipinski definition) is 0. The first kappa shape index (κ1) is 37.1. The Labute approximate surface area is 200 Å². The van der Waals surface area contributed by atoms with Gasteiger partial charge in [-0.25, -0.2) is 8.78 Å². The molecule has 0 spiro atoms. The normalized spacial score (nSPS) is 17.2. The molecule has 0 N–H and O–H groups in total. The van der Waals surface area contributed by atoms with Gasteiger partial charge in [-0.05, 0) is 0 Å². The first-order valence-electron chi connectivity index (χ1n) is 7.66. The van der Waals surface area contributed by atoms with E-state index in [-0.39, 0.29) is 0 Å². The van der Waals surface area contributed by atoms with Crippen LogP contribution in [0.5, 0.6) is 0 Å². The monoisotopic (exact) mass is 686 g/mol. The summed E-state index contributed by atoms with van der Waals surface area (Å²) in [5, 5.41) is 0. The minimum atomic E-state index is -9.41. The van der Waals surface area contributed by atoms with Crippen LogP contribution in [0.2, 0.25) is 0 Å². The second-order valence-electron chi connectivity index (χ2n) is 6.74. The summed E-state index contributed by atoms with van der Waals surface area (Å²) in [6.45, 7) is -9.07. The molecule has 38 heavy (non-hydrogen) atoms. The number of halogens is 26. The molecule has 0 aromatic heterocycles. The van der Waals surface area contributed by atoms with E-state index >= 15 is 0 Å². The molecule has 0 aliphatic carbocycles. The summed E-state index contributed by atoms with van der Waals surface area (Å²) in [5.41, 5.74) is -16.1. The van der Waals surface area contributed by atoms with Crippen molar-refractivity contribution >= 4 is 28.9 Å². The molecule has 0 aromatic carbocycles. The molecule has 0 nitrogen and oxygen atoms in total. The van der Waals surface area contributed by atoms with Gasteiger partial charge in [0, 0.05) is 0 Å². The van der Waals surface area contributed by atoms with Gasteiger partial charge in [0.15, 0.2) is 0 Å². The van der Waals surface area contributed by atoms with Crippen LogP contribution in [0, 0.1) is 0 Å². The van der Waals surface area contributed by atoms with E-state index in [9.17, 15) is 105 Å². The van der Waals surface area contributed by atoms with Crippen molar-refractivity contribution in [3.05, 3.63) is 0 Å². The smallest absolute Gasteiger partial charge is 0.201 e. The van der Waals surface area contributed by atoms with E-state index in [4.69, 9.17) is 0 Å². The fourth-order valence-corrected chi connectivity index (χ4v) is 4.59. The van der Waals surface area contributed by atoms with E-state index in [1.165, 1.54) is 0 Å². The van der Waals surface area contributed by atoms with Gasteiger partial charge in [0.2, 0.25) is 0 Å². The van der Waals surface area contributed by atoms with Gasteiger partial charge in [-0.3, -0.25) is 0 Å². The third kappa shape index (κ3) is 4.25. The lowest BCUT2D eigenvalue weighted by molar-refractivity contribution is -0.466. The van der Waals surface area contributed by atoms with Crippen LogP contribution in [0.4, 0.5) is 105 Å². The molecule has 0 bridgehead atoms. The van der Waals surface area contributed by atoms with Crippen molar-refractivity contribution in [2.75, 3.05) is 0 Å². The molecule has 0 saturated heterocycles. The van der Waals surface area contributed by atoms with Crippen molar-refractivity contribution < 1.29 is 105 Å². The Bertz CT molecular complexity index is 807. The van der Waals surface area contributed by atoms with Gasteiger partial charge in [0.25, 0.3) is 0 Å². The number of rotatable bonds is 9. The van der Waals surface area contributed by atoms with E-state index in [2.05, 4.69) is 22.2 Å². The predicted molar refractivity (Wildman–Crippen MR) is 74.1 cm³/mol. The van der Waals surface area contributed by atoms with E-state index in [1.54, 1.807) is 0 Å². The van der Waals surface area contributed by atoms with Crippen molar-refractivity contribution in [1.82, 2.24) is 0 Å². The van der Waals surface area contributed by atoms with Crippen molar-refractivity contribution in [2.24, 2.45) is 0 Å². The van der Waals surface area contributed by atoms with E-state index < -0.39 is 71.6 Å². The van der Waals surface area contributed by atoms with Crippen molar-refractivity contribution in [1.29, 1.82) is 0 Å². The molecule has 0 heterocycles. The van der Waals surface area contributed by atoms with Crippen LogP contribution in [0.25, 0.3) is 0 Å². The van der Waals surface area contributed by atoms with Crippen molar-refractivity contribution in [3.8, 4) is 0 Å². The average Bonchev–Trinajstić information content (AvgIpc) is 2.64. The van der Waals surface area contributed by atoms with Crippen molar-refractivity contribution in [3.63, 3.8) is 0 Å². The van der Waals surface area contributed by atoms with E-state index in [1.807, 2.05) is 0 Å². The van der Waals surface area contributed by atoms with Crippen LogP contribution in [-0.2, 0) is 0 Å². The maximum atomic E-state index is 13.7.